The number of halogens is 1. The van der Waals surface area contributed by atoms with Gasteiger partial charge in [-0.25, -0.2) is 14.6 Å². The Labute approximate surface area is 197 Å². The third-order valence-corrected chi connectivity index (χ3v) is 5.44. The summed E-state index contributed by atoms with van der Waals surface area (Å²) in [5, 5.41) is 0.449. The lowest BCUT2D eigenvalue weighted by Crippen LogP contribution is -2.12. The van der Waals surface area contributed by atoms with Crippen LogP contribution in [-0.2, 0) is 14.9 Å². The van der Waals surface area contributed by atoms with E-state index >= 15 is 0 Å². The first-order valence-corrected chi connectivity index (χ1v) is 10.8. The van der Waals surface area contributed by atoms with Gasteiger partial charge < -0.3 is 9.47 Å². The van der Waals surface area contributed by atoms with Gasteiger partial charge in [-0.15, -0.1) is 0 Å². The first kappa shape index (κ1) is 22.5. The topological polar surface area (TPSA) is 65.0 Å². The van der Waals surface area contributed by atoms with Gasteiger partial charge in [0.25, 0.3) is 0 Å². The second-order valence-electron chi connectivity index (χ2n) is 8.60. The fraction of sp³-hybridized carbons (Fsp3) is 0.148. The minimum absolute atomic E-state index is 0.0106. The van der Waals surface area contributed by atoms with Crippen molar-refractivity contribution in [3.8, 4) is 5.75 Å². The highest BCUT2D eigenvalue weighted by atomic mass is 35.5. The fourth-order valence-electron chi connectivity index (χ4n) is 3.22. The molecule has 5 nitrogen and oxygen atoms in total. The van der Waals surface area contributed by atoms with E-state index in [-0.39, 0.29) is 17.0 Å². The second kappa shape index (κ2) is 9.04. The van der Waals surface area contributed by atoms with Crippen LogP contribution < -0.4 is 4.74 Å². The smallest absolute Gasteiger partial charge is 0.363 e. The zero-order valence-electron chi connectivity index (χ0n) is 18.5. The van der Waals surface area contributed by atoms with Crippen molar-refractivity contribution in [2.24, 2.45) is 4.99 Å². The van der Waals surface area contributed by atoms with E-state index in [1.165, 1.54) is 0 Å². The van der Waals surface area contributed by atoms with E-state index in [0.29, 0.717) is 27.5 Å². The Bertz CT molecular complexity index is 1270. The molecule has 0 aromatic heterocycles. The normalized spacial score (nSPS) is 14.7. The Morgan fingerprint density at radius 3 is 2.27 bits per heavy atom. The predicted octanol–water partition coefficient (Wildman–Crippen LogP) is 6.20. The molecule has 0 radical (unpaired) electrons. The van der Waals surface area contributed by atoms with Crippen LogP contribution in [0.2, 0.25) is 5.02 Å². The number of cyclic esters (lactones) is 1. The molecule has 1 heterocycles. The molecule has 0 aliphatic carbocycles. The molecule has 33 heavy (non-hydrogen) atoms. The Kier molecular flexibility index (Phi) is 6.16. The SMILES string of the molecule is CC(C)(C)c1ccc(C(=O)Oc2ccc(C=C3N=C(c4ccccc4Cl)OC3=O)cc2)cc1. The molecule has 3 aromatic carbocycles. The van der Waals surface area contributed by atoms with Crippen LogP contribution in [0.1, 0.15) is 47.8 Å². The van der Waals surface area contributed by atoms with Crippen molar-refractivity contribution in [1.82, 2.24) is 0 Å². The van der Waals surface area contributed by atoms with Crippen LogP contribution in [0.15, 0.2) is 83.5 Å². The van der Waals surface area contributed by atoms with Crippen LogP contribution in [-0.4, -0.2) is 17.8 Å². The first-order chi connectivity index (χ1) is 15.7. The average Bonchev–Trinajstić information content (AvgIpc) is 3.14. The van der Waals surface area contributed by atoms with E-state index in [1.807, 2.05) is 12.1 Å². The summed E-state index contributed by atoms with van der Waals surface area (Å²) in [7, 11) is 0. The van der Waals surface area contributed by atoms with E-state index in [0.717, 1.165) is 5.56 Å². The van der Waals surface area contributed by atoms with Crippen LogP contribution >= 0.6 is 11.6 Å². The van der Waals surface area contributed by atoms with Crippen LogP contribution in [0.3, 0.4) is 0 Å². The first-order valence-electron chi connectivity index (χ1n) is 10.4. The van der Waals surface area contributed by atoms with Gasteiger partial charge >= 0.3 is 11.9 Å². The molecule has 0 saturated carbocycles. The molecule has 1 aliphatic rings. The molecule has 0 atom stereocenters. The maximum absolute atomic E-state index is 12.5. The second-order valence-corrected chi connectivity index (χ2v) is 9.01. The number of rotatable bonds is 4. The van der Waals surface area contributed by atoms with Crippen LogP contribution in [0.4, 0.5) is 0 Å². The van der Waals surface area contributed by atoms with Crippen molar-refractivity contribution in [3.63, 3.8) is 0 Å². The van der Waals surface area contributed by atoms with Gasteiger partial charge in [0.1, 0.15) is 5.75 Å². The minimum atomic E-state index is -0.556. The molecule has 0 amide bonds. The quantitative estimate of drug-likeness (QED) is 0.264. The molecule has 0 fully saturated rings. The van der Waals surface area contributed by atoms with Crippen molar-refractivity contribution in [2.75, 3.05) is 0 Å². The zero-order valence-corrected chi connectivity index (χ0v) is 19.2. The Hall–Kier alpha value is -3.70. The van der Waals surface area contributed by atoms with Gasteiger partial charge in [0.15, 0.2) is 5.70 Å². The third-order valence-electron chi connectivity index (χ3n) is 5.11. The number of ether oxygens (including phenoxy) is 2. The van der Waals surface area contributed by atoms with Gasteiger partial charge in [0.05, 0.1) is 16.1 Å². The van der Waals surface area contributed by atoms with Crippen molar-refractivity contribution < 1.29 is 19.1 Å². The number of esters is 2. The van der Waals surface area contributed by atoms with E-state index < -0.39 is 11.9 Å². The summed E-state index contributed by atoms with van der Waals surface area (Å²) in [6, 6.07) is 21.2. The molecular formula is C27H22ClNO4. The van der Waals surface area contributed by atoms with Gasteiger partial charge in [-0.05, 0) is 59.0 Å². The monoisotopic (exact) mass is 459 g/mol. The van der Waals surface area contributed by atoms with Crippen LogP contribution in [0.25, 0.3) is 6.08 Å². The molecule has 0 saturated heterocycles. The van der Waals surface area contributed by atoms with Gasteiger partial charge in [-0.3, -0.25) is 0 Å². The summed E-state index contributed by atoms with van der Waals surface area (Å²) in [5.74, 6) is -0.426. The number of nitrogens with zero attached hydrogens (tertiary/aromatic N) is 1. The largest absolute Gasteiger partial charge is 0.423 e. The molecule has 0 N–H and O–H groups in total. The Balaban J connectivity index is 1.46. The number of aliphatic imine (C=N–C) groups is 1. The molecule has 166 valence electrons. The van der Waals surface area contributed by atoms with E-state index in [2.05, 4.69) is 25.8 Å². The standard InChI is InChI=1S/C27H22ClNO4/c1-27(2,3)19-12-10-18(11-13-19)25(30)32-20-14-8-17(9-15-20)16-23-26(31)33-24(29-23)21-6-4-5-7-22(21)28/h4-16H,1-3H3. The van der Waals surface area contributed by atoms with E-state index in [1.54, 1.807) is 66.7 Å². The van der Waals surface area contributed by atoms with Gasteiger partial charge in [-0.1, -0.05) is 68.8 Å². The maximum atomic E-state index is 12.5. The molecular weight excluding hydrogens is 438 g/mol. The summed E-state index contributed by atoms with van der Waals surface area (Å²) < 4.78 is 10.7. The molecule has 3 aromatic rings. The fourth-order valence-corrected chi connectivity index (χ4v) is 3.44. The number of benzene rings is 3. The molecule has 6 heteroatoms. The van der Waals surface area contributed by atoms with Crippen molar-refractivity contribution >= 4 is 35.5 Å². The van der Waals surface area contributed by atoms with Gasteiger partial charge in [-0.2, -0.15) is 0 Å². The summed E-state index contributed by atoms with van der Waals surface area (Å²) in [5.41, 5.74) is 3.05. The highest BCUT2D eigenvalue weighted by Crippen LogP contribution is 2.25. The summed E-state index contributed by atoms with van der Waals surface area (Å²) in [4.78, 5) is 28.9. The number of hydrogen-bond acceptors (Lipinski definition) is 5. The Morgan fingerprint density at radius 2 is 1.64 bits per heavy atom. The van der Waals surface area contributed by atoms with E-state index in [9.17, 15) is 9.59 Å². The molecule has 0 spiro atoms. The molecule has 4 rings (SSSR count). The number of carbonyl (C=O) groups excluding carboxylic acids is 2. The molecule has 0 unspecified atom stereocenters. The number of carbonyl (C=O) groups is 2. The number of hydrogen-bond donors (Lipinski definition) is 0. The van der Waals surface area contributed by atoms with Gasteiger partial charge in [0, 0.05) is 0 Å². The molecule has 0 bridgehead atoms. The highest BCUT2D eigenvalue weighted by Gasteiger charge is 2.25. The summed E-state index contributed by atoms with van der Waals surface area (Å²) >= 11 is 6.16. The lowest BCUT2D eigenvalue weighted by molar-refractivity contribution is -0.129. The third kappa shape index (κ3) is 5.21. The summed E-state index contributed by atoms with van der Waals surface area (Å²) in [6.07, 6.45) is 1.60. The summed E-state index contributed by atoms with van der Waals surface area (Å²) in [6.45, 7) is 6.35. The van der Waals surface area contributed by atoms with Crippen LogP contribution in [0, 0.1) is 0 Å². The lowest BCUT2D eigenvalue weighted by Gasteiger charge is -2.18. The van der Waals surface area contributed by atoms with Crippen molar-refractivity contribution in [2.45, 2.75) is 26.2 Å². The van der Waals surface area contributed by atoms with Crippen LogP contribution in [0.5, 0.6) is 5.75 Å². The lowest BCUT2D eigenvalue weighted by atomic mass is 9.87. The van der Waals surface area contributed by atoms with E-state index in [4.69, 9.17) is 21.1 Å². The zero-order chi connectivity index (χ0) is 23.6. The maximum Gasteiger partial charge on any atom is 0.363 e. The van der Waals surface area contributed by atoms with Crippen molar-refractivity contribution in [1.29, 1.82) is 0 Å². The Morgan fingerprint density at radius 1 is 0.970 bits per heavy atom. The predicted molar refractivity (Wildman–Crippen MR) is 129 cm³/mol. The highest BCUT2D eigenvalue weighted by molar-refractivity contribution is 6.34. The molecule has 1 aliphatic heterocycles. The minimum Gasteiger partial charge on any atom is -0.423 e. The average molecular weight is 460 g/mol. The van der Waals surface area contributed by atoms with Gasteiger partial charge in [0.2, 0.25) is 5.90 Å². The van der Waals surface area contributed by atoms with Crippen molar-refractivity contribution in [3.05, 3.63) is 106 Å².